The number of rotatable bonds is 10. The number of benzene rings is 8. The Bertz CT molecular complexity index is 3280. The molecule has 0 aliphatic rings. The van der Waals surface area contributed by atoms with Crippen LogP contribution in [0.5, 0.6) is 23.0 Å². The summed E-state index contributed by atoms with van der Waals surface area (Å²) in [5.74, 6) is -0.217. The summed E-state index contributed by atoms with van der Waals surface area (Å²) in [5, 5.41) is 52.1. The van der Waals surface area contributed by atoms with E-state index in [-0.39, 0.29) is 94.3 Å². The van der Waals surface area contributed by atoms with Crippen LogP contribution in [-0.2, 0) is 60.6 Å². The Morgan fingerprint density at radius 3 is 0.845 bits per heavy atom. The van der Waals surface area contributed by atoms with Crippen molar-refractivity contribution in [2.75, 3.05) is 10.7 Å². The maximum atomic E-state index is 13.3. The normalized spacial score (nSPS) is 11.7. The van der Waals surface area contributed by atoms with Crippen molar-refractivity contribution < 1.29 is 59.4 Å². The Hall–Kier alpha value is -5.95. The first kappa shape index (κ1) is 72.3. The molecule has 8 rings (SSSR count). The second kappa shape index (κ2) is 33.1. The molecule has 0 atom stereocenters. The van der Waals surface area contributed by atoms with Gasteiger partial charge < -0.3 is 20.4 Å². The van der Waals surface area contributed by atoms with Gasteiger partial charge in [-0.15, -0.1) is 57.9 Å². The number of alkyl halides is 4. The van der Waals surface area contributed by atoms with Crippen LogP contribution in [0, 0.1) is 0 Å². The fraction of sp³-hybridized carbons (Fsp3) is 0.257. The van der Waals surface area contributed by atoms with Gasteiger partial charge in [-0.2, -0.15) is 0 Å². The summed E-state index contributed by atoms with van der Waals surface area (Å²) in [7, 11) is 0. The molecular weight excluding hydrogens is 1230 g/mol. The molecule has 8 nitrogen and oxygen atoms in total. The molecule has 0 radical (unpaired) electrons. The van der Waals surface area contributed by atoms with Crippen molar-refractivity contribution in [2.45, 2.75) is 105 Å². The molecule has 8 aromatic carbocycles. The summed E-state index contributed by atoms with van der Waals surface area (Å²) >= 11 is 19.1. The Kier molecular flexibility index (Phi) is 28.5. The first-order valence-corrected chi connectivity index (χ1v) is 28.9. The first-order valence-electron chi connectivity index (χ1n) is 26.7. The Morgan fingerprint density at radius 1 is 0.321 bits per heavy atom. The van der Waals surface area contributed by atoms with Crippen LogP contribution in [0.4, 0.5) is 22.7 Å². The van der Waals surface area contributed by atoms with Crippen LogP contribution in [0.2, 0.25) is 0 Å². The van der Waals surface area contributed by atoms with Gasteiger partial charge in [0.15, 0.2) is 0 Å². The molecule has 428 valence electrons. The standard InChI is InChI=1S/2C34H36N2O2.2CH2Cl2.2Zn/c2*1-33(2,3)27-19-26(32(38)28(20-27)34(4,5)6)22-36-30-15-11-10-14-29(30)35-21-25-18-24(16-17-31(25)37)23-12-8-7-9-13-23;2*2-1-3;;/h2*7-22,37-38H,1-6H3;2*1H2;;/q;;;;2*+2/p-4. The summed E-state index contributed by atoms with van der Waals surface area (Å²) in [6.07, 6.45) is 6.44. The van der Waals surface area contributed by atoms with Crippen LogP contribution in [-0.4, -0.2) is 35.5 Å². The van der Waals surface area contributed by atoms with Gasteiger partial charge in [0.05, 0.1) is 33.4 Å². The molecule has 0 fully saturated rings. The van der Waals surface area contributed by atoms with Crippen molar-refractivity contribution in [1.82, 2.24) is 0 Å². The van der Waals surface area contributed by atoms with Gasteiger partial charge in [0, 0.05) is 24.9 Å². The van der Waals surface area contributed by atoms with Gasteiger partial charge in [-0.3, -0.25) is 20.0 Å². The molecule has 8 aromatic rings. The molecule has 0 amide bonds. The molecule has 0 bridgehead atoms. The number of hydrogen-bond acceptors (Lipinski definition) is 8. The van der Waals surface area contributed by atoms with Crippen molar-refractivity contribution >= 4 is 94.0 Å². The van der Waals surface area contributed by atoms with Crippen LogP contribution in [0.15, 0.2) is 190 Å². The minimum absolute atomic E-state index is 0. The number of nitrogens with zero attached hydrogens (tertiary/aromatic N) is 4. The van der Waals surface area contributed by atoms with E-state index in [4.69, 9.17) is 46.4 Å². The van der Waals surface area contributed by atoms with Gasteiger partial charge in [0.2, 0.25) is 0 Å². The van der Waals surface area contributed by atoms with E-state index < -0.39 is 0 Å². The number of para-hydroxylation sites is 4. The zero-order chi connectivity index (χ0) is 60.4. The van der Waals surface area contributed by atoms with E-state index in [0.717, 1.165) is 44.5 Å². The summed E-state index contributed by atoms with van der Waals surface area (Å²) in [4.78, 5) is 18.5. The van der Waals surface area contributed by atoms with Crippen molar-refractivity contribution in [1.29, 1.82) is 0 Å². The molecular formula is C70H72Cl4N4O4Zn2. The molecule has 0 aromatic heterocycles. The van der Waals surface area contributed by atoms with Crippen LogP contribution in [0.25, 0.3) is 22.3 Å². The third-order valence-electron chi connectivity index (χ3n) is 13.0. The van der Waals surface area contributed by atoms with E-state index in [1.54, 1.807) is 37.0 Å². The van der Waals surface area contributed by atoms with Crippen molar-refractivity contribution in [3.8, 4) is 45.3 Å². The summed E-state index contributed by atoms with van der Waals surface area (Å²) in [5.41, 5.74) is 11.5. The third-order valence-corrected chi connectivity index (χ3v) is 13.0. The van der Waals surface area contributed by atoms with Gasteiger partial charge in [0.25, 0.3) is 0 Å². The Morgan fingerprint density at radius 2 is 0.583 bits per heavy atom. The van der Waals surface area contributed by atoms with Crippen molar-refractivity contribution in [3.63, 3.8) is 0 Å². The van der Waals surface area contributed by atoms with E-state index in [2.05, 4.69) is 103 Å². The van der Waals surface area contributed by atoms with Gasteiger partial charge in [0.1, 0.15) is 0 Å². The van der Waals surface area contributed by atoms with Crippen LogP contribution < -0.4 is 20.4 Å². The van der Waals surface area contributed by atoms with Gasteiger partial charge in [-0.25, -0.2) is 0 Å². The second-order valence-corrected chi connectivity index (χ2v) is 25.0. The molecule has 14 heteroatoms. The quantitative estimate of drug-likeness (QED) is 0.0763. The molecule has 0 unspecified atom stereocenters. The smallest absolute Gasteiger partial charge is 0.872 e. The van der Waals surface area contributed by atoms with E-state index in [1.165, 1.54) is 0 Å². The summed E-state index contributed by atoms with van der Waals surface area (Å²) < 4.78 is 0. The number of aliphatic imine (C=N–C) groups is 4. The molecule has 0 heterocycles. The predicted octanol–water partition coefficient (Wildman–Crippen LogP) is 18.0. The number of halogens is 4. The van der Waals surface area contributed by atoms with Gasteiger partial charge in [-0.1, -0.05) is 228 Å². The molecule has 0 N–H and O–H groups in total. The molecule has 0 saturated heterocycles. The Balaban J connectivity index is 0.000000394. The zero-order valence-electron chi connectivity index (χ0n) is 50.2. The predicted molar refractivity (Wildman–Crippen MR) is 344 cm³/mol. The average molecular weight is 1310 g/mol. The average Bonchev–Trinajstić information content (AvgIpc) is 3.50. The van der Waals surface area contributed by atoms with E-state index in [9.17, 15) is 20.4 Å². The van der Waals surface area contributed by atoms with Crippen LogP contribution in [0.1, 0.15) is 128 Å². The van der Waals surface area contributed by atoms with E-state index >= 15 is 0 Å². The van der Waals surface area contributed by atoms with Crippen LogP contribution in [0.3, 0.4) is 0 Å². The second-order valence-electron chi connectivity index (χ2n) is 23.3. The van der Waals surface area contributed by atoms with Crippen molar-refractivity contribution in [3.05, 3.63) is 214 Å². The van der Waals surface area contributed by atoms with E-state index in [0.29, 0.717) is 45.0 Å². The van der Waals surface area contributed by atoms with Crippen LogP contribution >= 0.6 is 46.4 Å². The summed E-state index contributed by atoms with van der Waals surface area (Å²) in [6, 6.07) is 53.2. The van der Waals surface area contributed by atoms with Crippen molar-refractivity contribution in [2.24, 2.45) is 20.0 Å². The fourth-order valence-electron chi connectivity index (χ4n) is 8.31. The summed E-state index contributed by atoms with van der Waals surface area (Å²) in [6.45, 7) is 25.2. The monoisotopic (exact) mass is 1300 g/mol. The maximum Gasteiger partial charge on any atom is 2.00 e. The van der Waals surface area contributed by atoms with Gasteiger partial charge >= 0.3 is 39.0 Å². The third kappa shape index (κ3) is 21.2. The van der Waals surface area contributed by atoms with Gasteiger partial charge in [-0.05, 0) is 125 Å². The molecule has 0 saturated carbocycles. The maximum absolute atomic E-state index is 13.3. The molecule has 0 aliphatic carbocycles. The first-order chi connectivity index (χ1) is 38.7. The Labute approximate surface area is 544 Å². The molecule has 0 aliphatic heterocycles. The fourth-order valence-corrected chi connectivity index (χ4v) is 8.31. The molecule has 84 heavy (non-hydrogen) atoms. The number of hydrogen-bond donors (Lipinski definition) is 0. The largest absolute Gasteiger partial charge is 2.00 e. The zero-order valence-corrected chi connectivity index (χ0v) is 59.2. The topological polar surface area (TPSA) is 142 Å². The van der Waals surface area contributed by atoms with E-state index in [1.807, 2.05) is 158 Å². The minimum Gasteiger partial charge on any atom is -0.872 e. The minimum atomic E-state index is -0.284. The SMILES string of the molecule is CC(C)(C)c1cc(C=Nc2ccccc2N=Cc2cc(-c3ccccc3)ccc2[O-])c([O-])c(C(C)(C)C)c1.CC(C)(C)c1cc(C=Nc2ccccc2N=Cc2cc(-c3ccccc3)ccc2[O-])c([O-])c(C(C)(C)C)c1.ClCCl.ClCCl.[Zn+2].[Zn+2]. The molecule has 0 spiro atoms.